The minimum atomic E-state index is -0.569. The van der Waals surface area contributed by atoms with E-state index in [9.17, 15) is 9.50 Å². The number of aliphatic hydroxyl groups is 1. The highest BCUT2D eigenvalue weighted by Gasteiger charge is 2.18. The number of rotatable bonds is 5. The Morgan fingerprint density at radius 1 is 1.06 bits per heavy atom. The van der Waals surface area contributed by atoms with Gasteiger partial charge in [-0.15, -0.1) is 0 Å². The van der Waals surface area contributed by atoms with Crippen molar-refractivity contribution in [2.24, 2.45) is 0 Å². The van der Waals surface area contributed by atoms with Gasteiger partial charge in [-0.25, -0.2) is 4.39 Å². The van der Waals surface area contributed by atoms with Crippen LogP contribution in [0.1, 0.15) is 39.4 Å². The molecule has 17 heavy (non-hydrogen) atoms. The van der Waals surface area contributed by atoms with Gasteiger partial charge in [0.05, 0.1) is 6.10 Å². The van der Waals surface area contributed by atoms with E-state index in [0.717, 1.165) is 5.56 Å². The molecule has 1 aromatic rings. The predicted octanol–water partition coefficient (Wildman–Crippen LogP) is 2.98. The van der Waals surface area contributed by atoms with Gasteiger partial charge in [0, 0.05) is 18.6 Å². The first-order valence-electron chi connectivity index (χ1n) is 6.11. The lowest BCUT2D eigenvalue weighted by molar-refractivity contribution is 0.0756. The van der Waals surface area contributed by atoms with E-state index in [0.29, 0.717) is 18.6 Å². The van der Waals surface area contributed by atoms with Crippen LogP contribution in [-0.2, 0) is 0 Å². The molecule has 0 saturated carbocycles. The molecule has 0 aliphatic carbocycles. The summed E-state index contributed by atoms with van der Waals surface area (Å²) in [6.45, 7) is 9.00. The van der Waals surface area contributed by atoms with Crippen molar-refractivity contribution in [2.75, 3.05) is 6.54 Å². The Kier molecular flexibility index (Phi) is 5.09. The summed E-state index contributed by atoms with van der Waals surface area (Å²) in [6.07, 6.45) is -0.569. The van der Waals surface area contributed by atoms with Crippen molar-refractivity contribution < 1.29 is 9.50 Å². The zero-order chi connectivity index (χ0) is 13.0. The van der Waals surface area contributed by atoms with E-state index in [1.807, 2.05) is 0 Å². The van der Waals surface area contributed by atoms with E-state index in [-0.39, 0.29) is 5.82 Å². The van der Waals surface area contributed by atoms with Crippen LogP contribution in [0.3, 0.4) is 0 Å². The lowest BCUT2D eigenvalue weighted by atomic mass is 10.1. The van der Waals surface area contributed by atoms with Crippen molar-refractivity contribution in [3.63, 3.8) is 0 Å². The van der Waals surface area contributed by atoms with Gasteiger partial charge in [0.2, 0.25) is 0 Å². The van der Waals surface area contributed by atoms with Gasteiger partial charge in [-0.2, -0.15) is 0 Å². The molecule has 1 rings (SSSR count). The lowest BCUT2D eigenvalue weighted by Gasteiger charge is -2.32. The number of aliphatic hydroxyl groups excluding tert-OH is 1. The molecule has 0 aliphatic rings. The van der Waals surface area contributed by atoms with Crippen LogP contribution in [0.4, 0.5) is 4.39 Å². The normalized spacial score (nSPS) is 13.7. The smallest absolute Gasteiger partial charge is 0.123 e. The average Bonchev–Trinajstić information content (AvgIpc) is 2.25. The van der Waals surface area contributed by atoms with Crippen LogP contribution in [0.25, 0.3) is 0 Å². The van der Waals surface area contributed by atoms with Gasteiger partial charge in [-0.1, -0.05) is 12.1 Å². The van der Waals surface area contributed by atoms with Crippen LogP contribution in [0.2, 0.25) is 0 Å². The molecule has 0 aromatic heterocycles. The van der Waals surface area contributed by atoms with E-state index < -0.39 is 6.10 Å². The molecular formula is C14H22FNO. The molecule has 0 spiro atoms. The highest BCUT2D eigenvalue weighted by Crippen LogP contribution is 2.17. The standard InChI is InChI=1S/C14H22FNO/c1-10(2)16(11(3)4)9-14(17)12-5-7-13(15)8-6-12/h5-8,10-11,14,17H,9H2,1-4H3. The summed E-state index contributed by atoms with van der Waals surface area (Å²) >= 11 is 0. The van der Waals surface area contributed by atoms with E-state index in [1.54, 1.807) is 12.1 Å². The fourth-order valence-corrected chi connectivity index (χ4v) is 2.01. The first-order chi connectivity index (χ1) is 7.91. The fraction of sp³-hybridized carbons (Fsp3) is 0.571. The van der Waals surface area contributed by atoms with Crippen LogP contribution >= 0.6 is 0 Å². The molecular weight excluding hydrogens is 217 g/mol. The summed E-state index contributed by atoms with van der Waals surface area (Å²) in [5, 5.41) is 10.1. The zero-order valence-corrected chi connectivity index (χ0v) is 11.0. The van der Waals surface area contributed by atoms with Gasteiger partial charge in [0.25, 0.3) is 0 Å². The Morgan fingerprint density at radius 3 is 1.94 bits per heavy atom. The number of hydrogen-bond acceptors (Lipinski definition) is 2. The second-order valence-corrected chi connectivity index (χ2v) is 4.95. The van der Waals surface area contributed by atoms with E-state index in [1.165, 1.54) is 12.1 Å². The maximum atomic E-state index is 12.8. The topological polar surface area (TPSA) is 23.5 Å². The summed E-state index contributed by atoms with van der Waals surface area (Å²) < 4.78 is 12.8. The quantitative estimate of drug-likeness (QED) is 0.854. The van der Waals surface area contributed by atoms with Crippen molar-refractivity contribution in [3.05, 3.63) is 35.6 Å². The highest BCUT2D eigenvalue weighted by molar-refractivity contribution is 5.18. The van der Waals surface area contributed by atoms with Crippen LogP contribution in [0.15, 0.2) is 24.3 Å². The number of nitrogens with zero attached hydrogens (tertiary/aromatic N) is 1. The molecule has 0 aliphatic heterocycles. The molecule has 1 N–H and O–H groups in total. The van der Waals surface area contributed by atoms with Crippen LogP contribution in [-0.4, -0.2) is 28.6 Å². The summed E-state index contributed by atoms with van der Waals surface area (Å²) in [7, 11) is 0. The molecule has 0 heterocycles. The Labute approximate surface area is 103 Å². The van der Waals surface area contributed by atoms with E-state index >= 15 is 0 Å². The molecule has 0 saturated heterocycles. The maximum Gasteiger partial charge on any atom is 0.123 e. The molecule has 0 radical (unpaired) electrons. The maximum absolute atomic E-state index is 12.8. The molecule has 1 unspecified atom stereocenters. The van der Waals surface area contributed by atoms with Gasteiger partial charge in [-0.05, 0) is 45.4 Å². The predicted molar refractivity (Wildman–Crippen MR) is 68.3 cm³/mol. The van der Waals surface area contributed by atoms with Crippen molar-refractivity contribution in [2.45, 2.75) is 45.9 Å². The Morgan fingerprint density at radius 2 is 1.53 bits per heavy atom. The van der Waals surface area contributed by atoms with Crippen LogP contribution < -0.4 is 0 Å². The highest BCUT2D eigenvalue weighted by atomic mass is 19.1. The van der Waals surface area contributed by atoms with E-state index in [4.69, 9.17) is 0 Å². The van der Waals surface area contributed by atoms with Crippen molar-refractivity contribution >= 4 is 0 Å². The molecule has 1 atom stereocenters. The fourth-order valence-electron chi connectivity index (χ4n) is 2.01. The van der Waals surface area contributed by atoms with Gasteiger partial charge < -0.3 is 5.11 Å². The second kappa shape index (κ2) is 6.12. The Hall–Kier alpha value is -0.930. The first kappa shape index (κ1) is 14.1. The van der Waals surface area contributed by atoms with Gasteiger partial charge in [0.1, 0.15) is 5.82 Å². The average molecular weight is 239 g/mol. The summed E-state index contributed by atoms with van der Waals surface area (Å²) in [5.41, 5.74) is 0.762. The van der Waals surface area contributed by atoms with Crippen LogP contribution in [0, 0.1) is 5.82 Å². The summed E-state index contributed by atoms with van der Waals surface area (Å²) in [6, 6.07) is 6.80. The summed E-state index contributed by atoms with van der Waals surface area (Å²) in [5.74, 6) is -0.273. The number of hydrogen-bond donors (Lipinski definition) is 1. The second-order valence-electron chi connectivity index (χ2n) is 4.95. The summed E-state index contributed by atoms with van der Waals surface area (Å²) in [4.78, 5) is 2.22. The third-order valence-corrected chi connectivity index (χ3v) is 2.97. The van der Waals surface area contributed by atoms with Crippen LogP contribution in [0.5, 0.6) is 0 Å². The van der Waals surface area contributed by atoms with Crippen molar-refractivity contribution in [1.82, 2.24) is 4.90 Å². The SMILES string of the molecule is CC(C)N(CC(O)c1ccc(F)cc1)C(C)C. The van der Waals surface area contributed by atoms with Gasteiger partial charge >= 0.3 is 0 Å². The third kappa shape index (κ3) is 4.10. The van der Waals surface area contributed by atoms with Crippen molar-refractivity contribution in [1.29, 1.82) is 0 Å². The monoisotopic (exact) mass is 239 g/mol. The molecule has 0 bridgehead atoms. The Balaban J connectivity index is 2.70. The van der Waals surface area contributed by atoms with E-state index in [2.05, 4.69) is 32.6 Å². The van der Waals surface area contributed by atoms with Gasteiger partial charge in [-0.3, -0.25) is 4.90 Å². The molecule has 3 heteroatoms. The third-order valence-electron chi connectivity index (χ3n) is 2.97. The molecule has 0 fully saturated rings. The molecule has 2 nitrogen and oxygen atoms in total. The number of benzene rings is 1. The largest absolute Gasteiger partial charge is 0.387 e. The minimum Gasteiger partial charge on any atom is -0.387 e. The molecule has 96 valence electrons. The zero-order valence-electron chi connectivity index (χ0n) is 11.0. The van der Waals surface area contributed by atoms with Crippen molar-refractivity contribution in [3.8, 4) is 0 Å². The van der Waals surface area contributed by atoms with Gasteiger partial charge in [0.15, 0.2) is 0 Å². The minimum absolute atomic E-state index is 0.273. The molecule has 0 amide bonds. The number of halogens is 1. The lowest BCUT2D eigenvalue weighted by Crippen LogP contribution is -2.39. The first-order valence-corrected chi connectivity index (χ1v) is 6.11. The molecule has 1 aromatic carbocycles. The Bertz CT molecular complexity index is 327.